The van der Waals surface area contributed by atoms with E-state index < -0.39 is 0 Å². The summed E-state index contributed by atoms with van der Waals surface area (Å²) in [5.74, 6) is -0.0925. The first-order chi connectivity index (χ1) is 10.7. The summed E-state index contributed by atoms with van der Waals surface area (Å²) in [5, 5.41) is 8.26. The smallest absolute Gasteiger partial charge is 0.279 e. The van der Waals surface area contributed by atoms with Crippen LogP contribution < -0.4 is 4.90 Å². The second kappa shape index (κ2) is 5.93. The zero-order valence-corrected chi connectivity index (χ0v) is 12.7. The SMILES string of the molecule is CCN1C(=O)/C(=N/N=C\c2cccc(C)c2)c2ccccc21. The highest BCUT2D eigenvalue weighted by atomic mass is 16.2. The van der Waals surface area contributed by atoms with Crippen LogP contribution in [0.5, 0.6) is 0 Å². The number of hydrogen-bond donors (Lipinski definition) is 0. The molecule has 1 aliphatic rings. The van der Waals surface area contributed by atoms with Crippen molar-refractivity contribution in [1.29, 1.82) is 0 Å². The fourth-order valence-electron chi connectivity index (χ4n) is 2.58. The average Bonchev–Trinajstić information content (AvgIpc) is 2.79. The molecule has 4 nitrogen and oxygen atoms in total. The molecule has 4 heteroatoms. The fourth-order valence-corrected chi connectivity index (χ4v) is 2.58. The minimum atomic E-state index is -0.0925. The van der Waals surface area contributed by atoms with E-state index in [9.17, 15) is 4.79 Å². The van der Waals surface area contributed by atoms with Gasteiger partial charge in [-0.3, -0.25) is 4.79 Å². The van der Waals surface area contributed by atoms with Crippen molar-refractivity contribution in [2.24, 2.45) is 10.2 Å². The second-order valence-corrected chi connectivity index (χ2v) is 5.17. The first kappa shape index (κ1) is 14.2. The summed E-state index contributed by atoms with van der Waals surface area (Å²) in [5.41, 5.74) is 4.28. The summed E-state index contributed by atoms with van der Waals surface area (Å²) in [6.45, 7) is 4.60. The largest absolute Gasteiger partial charge is 0.307 e. The van der Waals surface area contributed by atoms with Crippen LogP contribution in [0.4, 0.5) is 5.69 Å². The van der Waals surface area contributed by atoms with Gasteiger partial charge in [-0.2, -0.15) is 5.10 Å². The Bertz CT molecular complexity index is 777. The van der Waals surface area contributed by atoms with Crippen LogP contribution in [0.15, 0.2) is 58.7 Å². The number of anilines is 1. The molecule has 0 unspecified atom stereocenters. The van der Waals surface area contributed by atoms with Crippen LogP contribution in [0.25, 0.3) is 0 Å². The number of fused-ring (bicyclic) bond motifs is 1. The molecule has 0 atom stereocenters. The predicted molar refractivity (Wildman–Crippen MR) is 89.8 cm³/mol. The summed E-state index contributed by atoms with van der Waals surface area (Å²) in [6, 6.07) is 15.6. The lowest BCUT2D eigenvalue weighted by molar-refractivity contribution is -0.112. The first-order valence-electron chi connectivity index (χ1n) is 7.29. The van der Waals surface area contributed by atoms with Crippen LogP contribution in [0.3, 0.4) is 0 Å². The van der Waals surface area contributed by atoms with Gasteiger partial charge in [0.1, 0.15) is 0 Å². The molecule has 0 saturated carbocycles. The quantitative estimate of drug-likeness (QED) is 0.632. The van der Waals surface area contributed by atoms with E-state index in [4.69, 9.17) is 0 Å². The molecule has 0 fully saturated rings. The Morgan fingerprint density at radius 3 is 2.73 bits per heavy atom. The molecule has 0 radical (unpaired) electrons. The molecule has 22 heavy (non-hydrogen) atoms. The normalized spacial score (nSPS) is 15.8. The molecule has 110 valence electrons. The Hall–Kier alpha value is -2.75. The van der Waals surface area contributed by atoms with Gasteiger partial charge in [0.05, 0.1) is 11.9 Å². The summed E-state index contributed by atoms with van der Waals surface area (Å²) in [7, 11) is 0. The Morgan fingerprint density at radius 2 is 1.95 bits per heavy atom. The van der Waals surface area contributed by atoms with Crippen molar-refractivity contribution >= 4 is 23.5 Å². The molecular weight excluding hydrogens is 274 g/mol. The lowest BCUT2D eigenvalue weighted by atomic mass is 10.1. The van der Waals surface area contributed by atoms with Gasteiger partial charge in [-0.1, -0.05) is 48.0 Å². The molecule has 0 saturated heterocycles. The van der Waals surface area contributed by atoms with Crippen LogP contribution in [-0.4, -0.2) is 24.4 Å². The van der Waals surface area contributed by atoms with E-state index in [0.29, 0.717) is 12.3 Å². The molecule has 1 aliphatic heterocycles. The van der Waals surface area contributed by atoms with Gasteiger partial charge < -0.3 is 4.90 Å². The van der Waals surface area contributed by atoms with Crippen molar-refractivity contribution in [2.75, 3.05) is 11.4 Å². The zero-order chi connectivity index (χ0) is 15.5. The molecule has 0 spiro atoms. The highest BCUT2D eigenvalue weighted by Gasteiger charge is 2.32. The Labute approximate surface area is 129 Å². The van der Waals surface area contributed by atoms with Gasteiger partial charge in [-0.15, -0.1) is 5.10 Å². The van der Waals surface area contributed by atoms with Crippen molar-refractivity contribution in [3.63, 3.8) is 0 Å². The Kier molecular flexibility index (Phi) is 3.83. The van der Waals surface area contributed by atoms with Crippen molar-refractivity contribution in [1.82, 2.24) is 0 Å². The van der Waals surface area contributed by atoms with Crippen molar-refractivity contribution in [3.05, 3.63) is 65.2 Å². The monoisotopic (exact) mass is 291 g/mol. The number of amides is 1. The minimum Gasteiger partial charge on any atom is -0.307 e. The van der Waals surface area contributed by atoms with Gasteiger partial charge in [0.2, 0.25) is 0 Å². The maximum atomic E-state index is 12.4. The van der Waals surface area contributed by atoms with Crippen LogP contribution in [0.1, 0.15) is 23.6 Å². The molecule has 0 N–H and O–H groups in total. The van der Waals surface area contributed by atoms with E-state index in [-0.39, 0.29) is 5.91 Å². The fraction of sp³-hybridized carbons (Fsp3) is 0.167. The number of likely N-dealkylation sites (N-methyl/N-ethyl adjacent to an activating group) is 1. The van der Waals surface area contributed by atoms with Gasteiger partial charge in [0.25, 0.3) is 5.91 Å². The Balaban J connectivity index is 1.93. The van der Waals surface area contributed by atoms with E-state index in [1.807, 2.05) is 62.4 Å². The molecule has 0 aliphatic carbocycles. The molecular formula is C18H17N3O. The maximum Gasteiger partial charge on any atom is 0.279 e. The summed E-state index contributed by atoms with van der Waals surface area (Å²) in [6.07, 6.45) is 1.67. The van der Waals surface area contributed by atoms with E-state index >= 15 is 0 Å². The predicted octanol–water partition coefficient (Wildman–Crippen LogP) is 3.18. The molecule has 1 amide bonds. The number of nitrogens with zero attached hydrogens (tertiary/aromatic N) is 3. The number of rotatable bonds is 3. The van der Waals surface area contributed by atoms with Gasteiger partial charge in [-0.25, -0.2) is 0 Å². The third-order valence-electron chi connectivity index (χ3n) is 3.62. The van der Waals surface area contributed by atoms with Crippen LogP contribution in [-0.2, 0) is 4.79 Å². The molecule has 2 aromatic rings. The van der Waals surface area contributed by atoms with E-state index in [2.05, 4.69) is 10.2 Å². The van der Waals surface area contributed by atoms with Crippen LogP contribution in [0, 0.1) is 6.92 Å². The van der Waals surface area contributed by atoms with Crippen LogP contribution in [0.2, 0.25) is 0 Å². The number of carbonyl (C=O) groups excluding carboxylic acids is 1. The van der Waals surface area contributed by atoms with Crippen molar-refractivity contribution in [2.45, 2.75) is 13.8 Å². The number of hydrogen-bond acceptors (Lipinski definition) is 3. The topological polar surface area (TPSA) is 45.0 Å². The maximum absolute atomic E-state index is 12.4. The lowest BCUT2D eigenvalue weighted by Gasteiger charge is -2.12. The molecule has 1 heterocycles. The first-order valence-corrected chi connectivity index (χ1v) is 7.29. The standard InChI is InChI=1S/C18H17N3O/c1-3-21-16-10-5-4-9-15(16)17(18(21)22)20-19-12-14-8-6-7-13(2)11-14/h4-12H,3H2,1-2H3/b19-12-,20-17+. The average molecular weight is 291 g/mol. The number of benzene rings is 2. The molecule has 0 bridgehead atoms. The summed E-state index contributed by atoms with van der Waals surface area (Å²) >= 11 is 0. The third-order valence-corrected chi connectivity index (χ3v) is 3.62. The molecule has 3 rings (SSSR count). The molecule has 2 aromatic carbocycles. The molecule has 0 aromatic heterocycles. The summed E-state index contributed by atoms with van der Waals surface area (Å²) < 4.78 is 0. The summed E-state index contributed by atoms with van der Waals surface area (Å²) in [4.78, 5) is 14.1. The second-order valence-electron chi connectivity index (χ2n) is 5.17. The number of carbonyl (C=O) groups is 1. The highest BCUT2D eigenvalue weighted by Crippen LogP contribution is 2.28. The van der Waals surface area contributed by atoms with Gasteiger partial charge in [-0.05, 0) is 25.5 Å². The van der Waals surface area contributed by atoms with E-state index in [0.717, 1.165) is 22.4 Å². The van der Waals surface area contributed by atoms with Gasteiger partial charge >= 0.3 is 0 Å². The van der Waals surface area contributed by atoms with Gasteiger partial charge in [0.15, 0.2) is 5.71 Å². The lowest BCUT2D eigenvalue weighted by Crippen LogP contribution is -2.29. The zero-order valence-electron chi connectivity index (χ0n) is 12.7. The van der Waals surface area contributed by atoms with Crippen molar-refractivity contribution in [3.8, 4) is 0 Å². The van der Waals surface area contributed by atoms with Crippen LogP contribution >= 0.6 is 0 Å². The van der Waals surface area contributed by atoms with Crippen molar-refractivity contribution < 1.29 is 4.79 Å². The highest BCUT2D eigenvalue weighted by molar-refractivity contribution is 6.54. The van der Waals surface area contributed by atoms with E-state index in [1.54, 1.807) is 11.1 Å². The van der Waals surface area contributed by atoms with Gasteiger partial charge in [0, 0.05) is 12.1 Å². The third kappa shape index (κ3) is 2.55. The van der Waals surface area contributed by atoms with E-state index in [1.165, 1.54) is 0 Å². The number of para-hydroxylation sites is 1. The Morgan fingerprint density at radius 1 is 1.14 bits per heavy atom. The minimum absolute atomic E-state index is 0.0925. The number of aryl methyl sites for hydroxylation is 1.